The Balaban J connectivity index is 0.884. The molecule has 1 aliphatic carbocycles. The third-order valence-electron chi connectivity index (χ3n) is 12.5. The van der Waals surface area contributed by atoms with Crippen molar-refractivity contribution in [3.05, 3.63) is 230 Å². The van der Waals surface area contributed by atoms with Gasteiger partial charge in [-0.3, -0.25) is 0 Å². The van der Waals surface area contributed by atoms with Gasteiger partial charge in [-0.1, -0.05) is 188 Å². The van der Waals surface area contributed by atoms with Gasteiger partial charge in [-0.05, 0) is 75.4 Å². The summed E-state index contributed by atoms with van der Waals surface area (Å²) >= 11 is 0. The van der Waals surface area contributed by atoms with E-state index in [0.29, 0.717) is 0 Å². The van der Waals surface area contributed by atoms with Crippen molar-refractivity contribution in [1.82, 2.24) is 14.5 Å². The standard InChI is InChI=1S/C58H39N3/c1-3-15-40(16-4-1)55-56(60-58-52-27-10-8-24-48(52)47-23-7-9-26-51(47)57(58)59-55)45-20-14-18-42(36-45)39-31-29-38(30-32-39)41-17-13-19-43(35-41)44-33-34-50-49-25-11-12-28-53(49)61(54(50)37-44)46-21-5-2-6-22-46/h1-34,36-37,41H,35H2. The lowest BCUT2D eigenvalue weighted by Gasteiger charge is -2.20. The van der Waals surface area contributed by atoms with E-state index in [-0.39, 0.29) is 5.92 Å². The molecule has 1 unspecified atom stereocenters. The molecule has 2 heterocycles. The molecule has 0 amide bonds. The van der Waals surface area contributed by atoms with Gasteiger partial charge < -0.3 is 4.57 Å². The van der Waals surface area contributed by atoms with Crippen LogP contribution in [0.15, 0.2) is 218 Å². The molecule has 11 aromatic rings. The summed E-state index contributed by atoms with van der Waals surface area (Å²) in [4.78, 5) is 11.0. The van der Waals surface area contributed by atoms with E-state index in [9.17, 15) is 0 Å². The maximum absolute atomic E-state index is 5.51. The lowest BCUT2D eigenvalue weighted by atomic mass is 9.85. The fraction of sp³-hybridized carbons (Fsp3) is 0.0345. The molecule has 0 radical (unpaired) electrons. The first kappa shape index (κ1) is 35.1. The highest BCUT2D eigenvalue weighted by Crippen LogP contribution is 2.41. The van der Waals surface area contributed by atoms with E-state index < -0.39 is 0 Å². The number of aromatic nitrogens is 3. The first-order valence-electron chi connectivity index (χ1n) is 21.1. The van der Waals surface area contributed by atoms with Crippen LogP contribution in [0.3, 0.4) is 0 Å². The van der Waals surface area contributed by atoms with E-state index in [4.69, 9.17) is 9.97 Å². The average Bonchev–Trinajstić information content (AvgIpc) is 3.68. The second-order valence-electron chi connectivity index (χ2n) is 16.1. The Labute approximate surface area is 354 Å². The van der Waals surface area contributed by atoms with Crippen LogP contribution < -0.4 is 0 Å². The quantitative estimate of drug-likeness (QED) is 0.157. The Morgan fingerprint density at radius 2 is 0.951 bits per heavy atom. The molecule has 61 heavy (non-hydrogen) atoms. The molecule has 0 saturated carbocycles. The largest absolute Gasteiger partial charge is 0.309 e. The molecule has 0 aliphatic heterocycles. The highest BCUT2D eigenvalue weighted by Gasteiger charge is 2.20. The van der Waals surface area contributed by atoms with Gasteiger partial charge in [0, 0.05) is 44.3 Å². The molecule has 1 aliphatic rings. The highest BCUT2D eigenvalue weighted by molar-refractivity contribution is 6.23. The van der Waals surface area contributed by atoms with Crippen LogP contribution in [-0.2, 0) is 0 Å². The van der Waals surface area contributed by atoms with Gasteiger partial charge in [0.25, 0.3) is 0 Å². The molecule has 0 saturated heterocycles. The van der Waals surface area contributed by atoms with Crippen molar-refractivity contribution in [2.45, 2.75) is 12.3 Å². The van der Waals surface area contributed by atoms with Crippen molar-refractivity contribution in [1.29, 1.82) is 0 Å². The van der Waals surface area contributed by atoms with Crippen LogP contribution in [0, 0.1) is 0 Å². The first-order valence-corrected chi connectivity index (χ1v) is 21.1. The minimum absolute atomic E-state index is 0.281. The zero-order valence-corrected chi connectivity index (χ0v) is 33.4. The highest BCUT2D eigenvalue weighted by atomic mass is 15.0. The van der Waals surface area contributed by atoms with Crippen LogP contribution >= 0.6 is 0 Å². The molecule has 1 atom stereocenters. The van der Waals surface area contributed by atoms with Crippen molar-refractivity contribution in [2.24, 2.45) is 0 Å². The Morgan fingerprint density at radius 3 is 1.67 bits per heavy atom. The minimum Gasteiger partial charge on any atom is -0.309 e. The molecule has 3 nitrogen and oxygen atoms in total. The predicted octanol–water partition coefficient (Wildman–Crippen LogP) is 15.2. The number of benzene rings is 9. The van der Waals surface area contributed by atoms with Crippen LogP contribution in [-0.4, -0.2) is 14.5 Å². The fourth-order valence-corrected chi connectivity index (χ4v) is 9.57. The number of para-hydroxylation sites is 2. The Hall–Kier alpha value is -7.88. The van der Waals surface area contributed by atoms with Crippen molar-refractivity contribution in [2.75, 3.05) is 0 Å². The van der Waals surface area contributed by atoms with Crippen LogP contribution in [0.2, 0.25) is 0 Å². The van der Waals surface area contributed by atoms with E-state index in [0.717, 1.165) is 56.3 Å². The van der Waals surface area contributed by atoms with Crippen LogP contribution in [0.25, 0.3) is 99.3 Å². The minimum atomic E-state index is 0.281. The summed E-state index contributed by atoms with van der Waals surface area (Å²) in [5.41, 5.74) is 15.6. The second kappa shape index (κ2) is 14.4. The predicted molar refractivity (Wildman–Crippen MR) is 256 cm³/mol. The third kappa shape index (κ3) is 5.97. The Kier molecular flexibility index (Phi) is 8.31. The number of fused-ring (bicyclic) bond motifs is 9. The molecule has 3 heteroatoms. The van der Waals surface area contributed by atoms with Gasteiger partial charge in [0.2, 0.25) is 0 Å². The van der Waals surface area contributed by atoms with Crippen molar-refractivity contribution >= 4 is 60.0 Å². The average molecular weight is 778 g/mol. The molecule has 2 aromatic heterocycles. The van der Waals surface area contributed by atoms with Crippen molar-refractivity contribution in [3.63, 3.8) is 0 Å². The SMILES string of the molecule is C1=CC(c2ccc(-c3cccc(-c4nc5c6ccccc6c6ccccc6c5nc4-c4ccccc4)c3)cc2)CC(c2ccc3c4ccccc4n(-c4ccccc4)c3c2)=C1. The molecular formula is C58H39N3. The van der Waals surface area contributed by atoms with Crippen LogP contribution in [0.4, 0.5) is 0 Å². The molecule has 0 N–H and O–H groups in total. The van der Waals surface area contributed by atoms with E-state index >= 15 is 0 Å². The number of nitrogens with zero attached hydrogens (tertiary/aromatic N) is 3. The Morgan fingerprint density at radius 1 is 0.393 bits per heavy atom. The molecule has 9 aromatic carbocycles. The lowest BCUT2D eigenvalue weighted by Crippen LogP contribution is -2.01. The number of rotatable bonds is 6. The molecular weight excluding hydrogens is 739 g/mol. The van der Waals surface area contributed by atoms with Crippen LogP contribution in [0.5, 0.6) is 0 Å². The molecule has 0 fully saturated rings. The van der Waals surface area contributed by atoms with Crippen molar-refractivity contribution < 1.29 is 0 Å². The zero-order chi connectivity index (χ0) is 40.3. The molecule has 0 bridgehead atoms. The summed E-state index contributed by atoms with van der Waals surface area (Å²) in [6, 6.07) is 72.0. The zero-order valence-electron chi connectivity index (χ0n) is 33.4. The normalized spacial score (nSPS) is 14.0. The second-order valence-corrected chi connectivity index (χ2v) is 16.1. The van der Waals surface area contributed by atoms with E-state index in [2.05, 4.69) is 223 Å². The maximum atomic E-state index is 5.51. The molecule has 286 valence electrons. The van der Waals surface area contributed by atoms with Gasteiger partial charge in [0.1, 0.15) is 0 Å². The maximum Gasteiger partial charge on any atom is 0.0979 e. The summed E-state index contributed by atoms with van der Waals surface area (Å²) in [6.45, 7) is 0. The topological polar surface area (TPSA) is 30.7 Å². The summed E-state index contributed by atoms with van der Waals surface area (Å²) in [5.74, 6) is 0.281. The summed E-state index contributed by atoms with van der Waals surface area (Å²) in [5, 5.41) is 7.16. The summed E-state index contributed by atoms with van der Waals surface area (Å²) in [6.07, 6.45) is 7.81. The third-order valence-corrected chi connectivity index (χ3v) is 12.5. The van der Waals surface area contributed by atoms with Gasteiger partial charge in [0.15, 0.2) is 0 Å². The molecule has 0 spiro atoms. The van der Waals surface area contributed by atoms with E-state index in [1.165, 1.54) is 60.5 Å². The van der Waals surface area contributed by atoms with Gasteiger partial charge in [-0.2, -0.15) is 0 Å². The van der Waals surface area contributed by atoms with Gasteiger partial charge in [0.05, 0.1) is 33.5 Å². The van der Waals surface area contributed by atoms with Gasteiger partial charge >= 0.3 is 0 Å². The van der Waals surface area contributed by atoms with E-state index in [1.54, 1.807) is 0 Å². The van der Waals surface area contributed by atoms with Crippen molar-refractivity contribution in [3.8, 4) is 39.3 Å². The summed E-state index contributed by atoms with van der Waals surface area (Å²) < 4.78 is 2.40. The number of hydrogen-bond acceptors (Lipinski definition) is 2. The monoisotopic (exact) mass is 777 g/mol. The smallest absolute Gasteiger partial charge is 0.0979 e. The number of hydrogen-bond donors (Lipinski definition) is 0. The number of allylic oxidation sites excluding steroid dienone is 4. The molecule has 12 rings (SSSR count). The van der Waals surface area contributed by atoms with Gasteiger partial charge in [-0.15, -0.1) is 0 Å². The van der Waals surface area contributed by atoms with Gasteiger partial charge in [-0.25, -0.2) is 9.97 Å². The Bertz CT molecular complexity index is 3540. The van der Waals surface area contributed by atoms with Crippen LogP contribution in [0.1, 0.15) is 23.5 Å². The van der Waals surface area contributed by atoms with E-state index in [1.807, 2.05) is 0 Å². The summed E-state index contributed by atoms with van der Waals surface area (Å²) in [7, 11) is 0. The lowest BCUT2D eigenvalue weighted by molar-refractivity contribution is 0.868. The fourth-order valence-electron chi connectivity index (χ4n) is 9.57. The first-order chi connectivity index (χ1) is 30.2.